The Morgan fingerprint density at radius 3 is 2.79 bits per heavy atom. The molecule has 1 aromatic rings. The van der Waals surface area contributed by atoms with Crippen LogP contribution in [-0.4, -0.2) is 32.2 Å². The van der Waals surface area contributed by atoms with Gasteiger partial charge in [0.15, 0.2) is 5.03 Å². The largest absolute Gasteiger partial charge is 0.316 e. The minimum Gasteiger partial charge on any atom is -0.316 e. The van der Waals surface area contributed by atoms with Crippen molar-refractivity contribution in [3.63, 3.8) is 0 Å². The first kappa shape index (κ1) is 14.5. The van der Waals surface area contributed by atoms with Crippen LogP contribution < -0.4 is 10.0 Å². The van der Waals surface area contributed by atoms with E-state index in [0.29, 0.717) is 18.7 Å². The van der Waals surface area contributed by atoms with E-state index in [4.69, 9.17) is 0 Å². The van der Waals surface area contributed by atoms with E-state index in [1.165, 1.54) is 0 Å². The lowest BCUT2D eigenvalue weighted by atomic mass is 10.0. The molecule has 108 valence electrons. The number of nitrogens with one attached hydrogen (secondary N) is 3. The monoisotopic (exact) mass is 286 g/mol. The summed E-state index contributed by atoms with van der Waals surface area (Å²) < 4.78 is 27.2. The van der Waals surface area contributed by atoms with E-state index in [0.717, 1.165) is 25.7 Å². The van der Waals surface area contributed by atoms with Gasteiger partial charge in [0.25, 0.3) is 10.0 Å². The van der Waals surface area contributed by atoms with Gasteiger partial charge in [-0.3, -0.25) is 5.10 Å². The van der Waals surface area contributed by atoms with E-state index in [-0.39, 0.29) is 10.4 Å². The molecule has 0 amide bonds. The van der Waals surface area contributed by atoms with E-state index < -0.39 is 10.0 Å². The van der Waals surface area contributed by atoms with Gasteiger partial charge in [0.1, 0.15) is 0 Å². The molecule has 19 heavy (non-hydrogen) atoms. The van der Waals surface area contributed by atoms with E-state index >= 15 is 0 Å². The zero-order chi connectivity index (χ0) is 13.9. The van der Waals surface area contributed by atoms with Crippen molar-refractivity contribution in [1.82, 2.24) is 20.2 Å². The molecule has 1 fully saturated rings. The molecule has 1 aliphatic carbocycles. The van der Waals surface area contributed by atoms with E-state index in [1.807, 2.05) is 0 Å². The van der Waals surface area contributed by atoms with Crippen LogP contribution >= 0.6 is 0 Å². The number of H-pyrrole nitrogens is 1. The van der Waals surface area contributed by atoms with Crippen LogP contribution in [0.5, 0.6) is 0 Å². The van der Waals surface area contributed by atoms with Gasteiger partial charge in [0, 0.05) is 18.7 Å². The quantitative estimate of drug-likeness (QED) is 0.665. The third-order valence-corrected chi connectivity index (χ3v) is 5.10. The summed E-state index contributed by atoms with van der Waals surface area (Å²) in [6.45, 7) is 3.14. The molecular formula is C12H22N4O2S. The van der Waals surface area contributed by atoms with Crippen molar-refractivity contribution in [3.8, 4) is 0 Å². The van der Waals surface area contributed by atoms with Gasteiger partial charge in [-0.15, -0.1) is 0 Å². The summed E-state index contributed by atoms with van der Waals surface area (Å²) in [6.07, 6.45) is 5.97. The first-order valence-corrected chi connectivity index (χ1v) is 8.18. The predicted molar refractivity (Wildman–Crippen MR) is 73.1 cm³/mol. The Balaban J connectivity index is 2.04. The first-order chi connectivity index (χ1) is 9.03. The molecule has 0 spiro atoms. The summed E-state index contributed by atoms with van der Waals surface area (Å²) >= 11 is 0. The van der Waals surface area contributed by atoms with Crippen molar-refractivity contribution < 1.29 is 8.42 Å². The Morgan fingerprint density at radius 1 is 1.47 bits per heavy atom. The van der Waals surface area contributed by atoms with Crippen LogP contribution in [0.4, 0.5) is 0 Å². The normalized spacial score (nSPS) is 17.6. The average molecular weight is 286 g/mol. The van der Waals surface area contributed by atoms with Crippen LogP contribution in [-0.2, 0) is 16.6 Å². The number of aromatic amines is 1. The van der Waals surface area contributed by atoms with Crippen molar-refractivity contribution in [1.29, 1.82) is 0 Å². The Bertz CT molecular complexity index is 520. The van der Waals surface area contributed by atoms with Crippen LogP contribution in [0.2, 0.25) is 0 Å². The van der Waals surface area contributed by atoms with E-state index in [1.54, 1.807) is 13.2 Å². The van der Waals surface area contributed by atoms with Crippen LogP contribution in [0.1, 0.15) is 38.2 Å². The molecule has 0 saturated heterocycles. The second kappa shape index (κ2) is 5.60. The molecular weight excluding hydrogens is 264 g/mol. The maximum atomic E-state index is 12.3. The predicted octanol–water partition coefficient (Wildman–Crippen LogP) is 0.988. The van der Waals surface area contributed by atoms with Crippen LogP contribution in [0.15, 0.2) is 11.2 Å². The molecule has 3 N–H and O–H groups in total. The SMILES string of the molecule is CCCC1(CNS(=O)(=O)c2[nH]ncc2CNC)CC1. The summed E-state index contributed by atoms with van der Waals surface area (Å²) in [4.78, 5) is 0. The van der Waals surface area contributed by atoms with Crippen LogP contribution in [0.3, 0.4) is 0 Å². The van der Waals surface area contributed by atoms with Crippen molar-refractivity contribution in [3.05, 3.63) is 11.8 Å². The molecule has 1 aromatic heterocycles. The molecule has 0 bridgehead atoms. The maximum absolute atomic E-state index is 12.3. The molecule has 1 aliphatic rings. The molecule has 2 rings (SSSR count). The van der Waals surface area contributed by atoms with Crippen molar-refractivity contribution >= 4 is 10.0 Å². The third-order valence-electron chi connectivity index (χ3n) is 3.69. The Labute approximate surface area is 114 Å². The van der Waals surface area contributed by atoms with Crippen molar-refractivity contribution in [2.45, 2.75) is 44.2 Å². The van der Waals surface area contributed by atoms with E-state index in [9.17, 15) is 8.42 Å². The average Bonchev–Trinajstić information content (AvgIpc) is 2.96. The molecule has 0 radical (unpaired) electrons. The zero-order valence-corrected chi connectivity index (χ0v) is 12.3. The maximum Gasteiger partial charge on any atom is 0.257 e. The zero-order valence-electron chi connectivity index (χ0n) is 11.5. The third kappa shape index (κ3) is 3.34. The van der Waals surface area contributed by atoms with Gasteiger partial charge in [-0.1, -0.05) is 13.3 Å². The van der Waals surface area contributed by atoms with Gasteiger partial charge in [0.05, 0.1) is 6.20 Å². The summed E-state index contributed by atoms with van der Waals surface area (Å²) in [7, 11) is -1.71. The highest BCUT2D eigenvalue weighted by Gasteiger charge is 2.42. The number of aromatic nitrogens is 2. The Hall–Kier alpha value is -0.920. The van der Waals surface area contributed by atoms with Gasteiger partial charge in [-0.25, -0.2) is 13.1 Å². The van der Waals surface area contributed by atoms with E-state index in [2.05, 4.69) is 27.2 Å². The number of hydrogen-bond donors (Lipinski definition) is 3. The van der Waals surface area contributed by atoms with Crippen molar-refractivity contribution in [2.24, 2.45) is 5.41 Å². The lowest BCUT2D eigenvalue weighted by Crippen LogP contribution is -2.31. The minimum atomic E-state index is -3.49. The summed E-state index contributed by atoms with van der Waals surface area (Å²) in [6, 6.07) is 0. The highest BCUT2D eigenvalue weighted by atomic mass is 32.2. The number of sulfonamides is 1. The summed E-state index contributed by atoms with van der Waals surface area (Å²) in [5, 5.41) is 9.51. The van der Waals surface area contributed by atoms with Crippen molar-refractivity contribution in [2.75, 3.05) is 13.6 Å². The van der Waals surface area contributed by atoms with Crippen LogP contribution in [0, 0.1) is 5.41 Å². The molecule has 1 heterocycles. The summed E-state index contributed by atoms with van der Waals surface area (Å²) in [5.74, 6) is 0. The van der Waals surface area contributed by atoms with Gasteiger partial charge in [0.2, 0.25) is 0 Å². The summed E-state index contributed by atoms with van der Waals surface area (Å²) in [5.41, 5.74) is 0.862. The molecule has 6 nitrogen and oxygen atoms in total. The Morgan fingerprint density at radius 2 is 2.21 bits per heavy atom. The molecule has 1 saturated carbocycles. The molecule has 0 aromatic carbocycles. The Kier molecular flexibility index (Phi) is 4.27. The molecule has 0 atom stereocenters. The highest BCUT2D eigenvalue weighted by Crippen LogP contribution is 2.49. The highest BCUT2D eigenvalue weighted by molar-refractivity contribution is 7.89. The van der Waals surface area contributed by atoms with Gasteiger partial charge < -0.3 is 5.32 Å². The fourth-order valence-corrected chi connectivity index (χ4v) is 3.67. The first-order valence-electron chi connectivity index (χ1n) is 6.69. The molecule has 0 unspecified atom stereocenters. The van der Waals surface area contributed by atoms with Gasteiger partial charge >= 0.3 is 0 Å². The second-order valence-electron chi connectivity index (χ2n) is 5.33. The van der Waals surface area contributed by atoms with Gasteiger partial charge in [-0.2, -0.15) is 5.10 Å². The smallest absolute Gasteiger partial charge is 0.257 e. The number of rotatable bonds is 8. The second-order valence-corrected chi connectivity index (χ2v) is 7.03. The lowest BCUT2D eigenvalue weighted by molar-refractivity contribution is 0.448. The number of nitrogens with zero attached hydrogens (tertiary/aromatic N) is 1. The fourth-order valence-electron chi connectivity index (χ4n) is 2.39. The minimum absolute atomic E-state index is 0.175. The molecule has 7 heteroatoms. The standard InChI is InChI=1S/C12H22N4O2S/c1-3-4-12(5-6-12)9-15-19(17,18)11-10(7-13-2)8-14-16-11/h8,13,15H,3-7,9H2,1-2H3,(H,14,16). The topological polar surface area (TPSA) is 86.9 Å². The van der Waals surface area contributed by atoms with Gasteiger partial charge in [-0.05, 0) is 31.7 Å². The fraction of sp³-hybridized carbons (Fsp3) is 0.750. The lowest BCUT2D eigenvalue weighted by Gasteiger charge is -2.15. The number of hydrogen-bond acceptors (Lipinski definition) is 4. The molecule has 0 aliphatic heterocycles. The van der Waals surface area contributed by atoms with Crippen LogP contribution in [0.25, 0.3) is 0 Å².